The fraction of sp³-hybridized carbons (Fsp3) is 0. The van der Waals surface area contributed by atoms with Crippen LogP contribution in [-0.2, 0) is 4.79 Å². The summed E-state index contributed by atoms with van der Waals surface area (Å²) in [4.78, 5) is 13.0. The molecule has 20 heavy (non-hydrogen) atoms. The van der Waals surface area contributed by atoms with Crippen LogP contribution in [0.25, 0.3) is 11.0 Å². The maximum atomic E-state index is 12.0. The van der Waals surface area contributed by atoms with Crippen LogP contribution in [0.1, 0.15) is 11.1 Å². The lowest BCUT2D eigenvalue weighted by molar-refractivity contribution is -0.107. The summed E-state index contributed by atoms with van der Waals surface area (Å²) in [5, 5.41) is 0.776. The highest BCUT2D eigenvalue weighted by Crippen LogP contribution is 2.38. The van der Waals surface area contributed by atoms with Crippen LogP contribution in [0.3, 0.4) is 0 Å². The van der Waals surface area contributed by atoms with Crippen molar-refractivity contribution in [1.82, 2.24) is 0 Å². The van der Waals surface area contributed by atoms with Gasteiger partial charge < -0.3 is 0 Å². The Labute approximate surface area is 127 Å². The van der Waals surface area contributed by atoms with E-state index in [1.165, 1.54) is 11.8 Å². The Balaban J connectivity index is 1.92. The van der Waals surface area contributed by atoms with Crippen molar-refractivity contribution in [2.75, 3.05) is 0 Å². The first-order chi connectivity index (χ1) is 9.72. The Kier molecular flexibility index (Phi) is 3.77. The number of hydrogen-bond donors (Lipinski definition) is 0. The number of benzene rings is 2. The van der Waals surface area contributed by atoms with Gasteiger partial charge in [0.15, 0.2) is 0 Å². The highest BCUT2D eigenvalue weighted by molar-refractivity contribution is 8.22. The number of allylic oxidation sites excluding steroid dienone is 1. The molecule has 3 heteroatoms. The predicted molar refractivity (Wildman–Crippen MR) is 86.4 cm³/mol. The van der Waals surface area contributed by atoms with Crippen molar-refractivity contribution in [3.63, 3.8) is 0 Å². The van der Waals surface area contributed by atoms with Crippen LogP contribution in [0.2, 0.25) is 5.02 Å². The molecule has 98 valence electrons. The van der Waals surface area contributed by atoms with Crippen LogP contribution in [0, 0.1) is 0 Å². The van der Waals surface area contributed by atoms with E-state index in [9.17, 15) is 4.79 Å². The van der Waals surface area contributed by atoms with E-state index >= 15 is 0 Å². The van der Waals surface area contributed by atoms with Crippen LogP contribution in [0.4, 0.5) is 0 Å². The Morgan fingerprint density at radius 2 is 1.65 bits per heavy atom. The van der Waals surface area contributed by atoms with Crippen LogP contribution in [-0.4, -0.2) is 5.12 Å². The number of hydrogen-bond acceptors (Lipinski definition) is 2. The zero-order valence-corrected chi connectivity index (χ0v) is 12.1. The number of carbonyl (C=O) groups excluding carboxylic acids is 1. The van der Waals surface area contributed by atoms with Gasteiger partial charge in [-0.25, -0.2) is 0 Å². The molecule has 1 aliphatic rings. The molecule has 2 aromatic carbocycles. The summed E-state index contributed by atoms with van der Waals surface area (Å²) in [7, 11) is 0. The zero-order chi connectivity index (χ0) is 13.9. The second-order valence-corrected chi connectivity index (χ2v) is 5.87. The van der Waals surface area contributed by atoms with E-state index in [0.717, 1.165) is 21.6 Å². The molecule has 0 bridgehead atoms. The fourth-order valence-electron chi connectivity index (χ4n) is 1.97. The van der Waals surface area contributed by atoms with E-state index < -0.39 is 0 Å². The second-order valence-electron chi connectivity index (χ2n) is 4.42. The highest BCUT2D eigenvalue weighted by Gasteiger charge is 2.20. The standard InChI is InChI=1S/C17H11ClOS/c18-15-8-6-12(7-9-15)10-14-11-16(20-17(14)19)13-4-2-1-3-5-13/h1-11H. The molecule has 0 unspecified atom stereocenters. The molecule has 0 spiro atoms. The van der Waals surface area contributed by atoms with Crippen molar-refractivity contribution in [3.8, 4) is 0 Å². The normalized spacial score (nSPS) is 16.6. The number of carbonyl (C=O) groups is 1. The molecule has 1 nitrogen and oxygen atoms in total. The summed E-state index contributed by atoms with van der Waals surface area (Å²) < 4.78 is 0. The van der Waals surface area contributed by atoms with E-state index in [2.05, 4.69) is 0 Å². The van der Waals surface area contributed by atoms with Gasteiger partial charge in [0.1, 0.15) is 0 Å². The first kappa shape index (κ1) is 13.2. The second kappa shape index (κ2) is 5.70. The Hall–Kier alpha value is -1.77. The molecular formula is C17H11ClOS. The average molecular weight is 299 g/mol. The summed E-state index contributed by atoms with van der Waals surface area (Å²) in [6.07, 6.45) is 3.83. The molecule has 0 fully saturated rings. The third kappa shape index (κ3) is 2.87. The largest absolute Gasteiger partial charge is 0.281 e. The SMILES string of the molecule is O=C1SC(c2ccccc2)=CC1=Cc1ccc(Cl)cc1. The molecule has 2 aromatic rings. The molecule has 1 heterocycles. The van der Waals surface area contributed by atoms with E-state index in [4.69, 9.17) is 11.6 Å². The molecule has 0 N–H and O–H groups in total. The van der Waals surface area contributed by atoms with Crippen LogP contribution in [0.15, 0.2) is 66.2 Å². The van der Waals surface area contributed by atoms with Crippen molar-refractivity contribution in [1.29, 1.82) is 0 Å². The predicted octanol–water partition coefficient (Wildman–Crippen LogP) is 5.04. The fourth-order valence-corrected chi connectivity index (χ4v) is 2.97. The van der Waals surface area contributed by atoms with Gasteiger partial charge in [-0.05, 0) is 47.2 Å². The third-order valence-electron chi connectivity index (χ3n) is 2.98. The maximum Gasteiger partial charge on any atom is 0.224 e. The molecule has 0 radical (unpaired) electrons. The summed E-state index contributed by atoms with van der Waals surface area (Å²) >= 11 is 7.13. The molecule has 0 atom stereocenters. The molecule has 3 rings (SSSR count). The van der Waals surface area contributed by atoms with Gasteiger partial charge in [-0.15, -0.1) is 0 Å². The van der Waals surface area contributed by atoms with Crippen molar-refractivity contribution >= 4 is 39.5 Å². The van der Waals surface area contributed by atoms with Crippen molar-refractivity contribution < 1.29 is 4.79 Å². The van der Waals surface area contributed by atoms with Gasteiger partial charge in [0.25, 0.3) is 0 Å². The molecule has 1 aliphatic heterocycles. The van der Waals surface area contributed by atoms with Gasteiger partial charge in [0.2, 0.25) is 5.12 Å². The van der Waals surface area contributed by atoms with E-state index in [-0.39, 0.29) is 5.12 Å². The average Bonchev–Trinajstić information content (AvgIpc) is 2.84. The Bertz CT molecular complexity index is 700. The molecule has 0 amide bonds. The number of halogens is 1. The van der Waals surface area contributed by atoms with Crippen LogP contribution >= 0.6 is 23.4 Å². The van der Waals surface area contributed by atoms with Gasteiger partial charge in [0, 0.05) is 15.5 Å². The zero-order valence-electron chi connectivity index (χ0n) is 10.5. The number of thioether (sulfide) groups is 1. The minimum atomic E-state index is 0.0822. The molecule has 0 saturated carbocycles. The first-order valence-electron chi connectivity index (χ1n) is 6.19. The maximum absolute atomic E-state index is 12.0. The van der Waals surface area contributed by atoms with Crippen molar-refractivity contribution in [2.24, 2.45) is 0 Å². The first-order valence-corrected chi connectivity index (χ1v) is 7.38. The van der Waals surface area contributed by atoms with E-state index in [1.54, 1.807) is 0 Å². The lowest BCUT2D eigenvalue weighted by atomic mass is 10.1. The Morgan fingerprint density at radius 3 is 2.35 bits per heavy atom. The summed E-state index contributed by atoms with van der Waals surface area (Å²) in [5.41, 5.74) is 2.77. The third-order valence-corrected chi connectivity index (χ3v) is 4.22. The summed E-state index contributed by atoms with van der Waals surface area (Å²) in [6, 6.07) is 17.4. The van der Waals surface area contributed by atoms with Crippen LogP contribution in [0.5, 0.6) is 0 Å². The molecule has 0 saturated heterocycles. The summed E-state index contributed by atoms with van der Waals surface area (Å²) in [5.74, 6) is 0. The number of rotatable bonds is 2. The van der Waals surface area contributed by atoms with E-state index in [0.29, 0.717) is 5.02 Å². The minimum absolute atomic E-state index is 0.0822. The van der Waals surface area contributed by atoms with Crippen molar-refractivity contribution in [2.45, 2.75) is 0 Å². The highest BCUT2D eigenvalue weighted by atomic mass is 35.5. The Morgan fingerprint density at radius 1 is 0.950 bits per heavy atom. The smallest absolute Gasteiger partial charge is 0.224 e. The monoisotopic (exact) mass is 298 g/mol. The van der Waals surface area contributed by atoms with Gasteiger partial charge in [-0.1, -0.05) is 54.1 Å². The van der Waals surface area contributed by atoms with Gasteiger partial charge in [0.05, 0.1) is 0 Å². The van der Waals surface area contributed by atoms with Crippen LogP contribution < -0.4 is 0 Å². The molecule has 0 aliphatic carbocycles. The minimum Gasteiger partial charge on any atom is -0.281 e. The lowest BCUT2D eigenvalue weighted by Gasteiger charge is -1.97. The lowest BCUT2D eigenvalue weighted by Crippen LogP contribution is -1.87. The summed E-state index contributed by atoms with van der Waals surface area (Å²) in [6.45, 7) is 0. The van der Waals surface area contributed by atoms with Crippen molar-refractivity contribution in [3.05, 3.63) is 82.4 Å². The van der Waals surface area contributed by atoms with Gasteiger partial charge in [-0.3, -0.25) is 4.79 Å². The van der Waals surface area contributed by atoms with E-state index in [1.807, 2.05) is 66.7 Å². The van der Waals surface area contributed by atoms with Gasteiger partial charge >= 0.3 is 0 Å². The molecular weight excluding hydrogens is 288 g/mol. The van der Waals surface area contributed by atoms with Gasteiger partial charge in [-0.2, -0.15) is 0 Å². The molecule has 0 aromatic heterocycles. The quantitative estimate of drug-likeness (QED) is 0.723. The topological polar surface area (TPSA) is 17.1 Å².